The van der Waals surface area contributed by atoms with E-state index in [4.69, 9.17) is 4.42 Å². The zero-order chi connectivity index (χ0) is 16.2. The topological polar surface area (TPSA) is 76.4 Å². The third kappa shape index (κ3) is 3.98. The molecule has 0 saturated carbocycles. The average Bonchev–Trinajstić information content (AvgIpc) is 2.99. The van der Waals surface area contributed by atoms with Crippen LogP contribution in [-0.4, -0.2) is 19.6 Å². The van der Waals surface area contributed by atoms with Crippen molar-refractivity contribution in [1.82, 2.24) is 5.32 Å². The molecular formula is C16H19NO4S. The lowest BCUT2D eigenvalue weighted by Crippen LogP contribution is -2.24. The molecule has 22 heavy (non-hydrogen) atoms. The number of amides is 1. The Balaban J connectivity index is 1.95. The fourth-order valence-corrected chi connectivity index (χ4v) is 2.98. The first-order valence-electron chi connectivity index (χ1n) is 7.01. The van der Waals surface area contributed by atoms with Crippen LogP contribution in [0.2, 0.25) is 0 Å². The molecule has 1 amide bonds. The lowest BCUT2D eigenvalue weighted by molar-refractivity contribution is -0.120. The minimum absolute atomic E-state index is 0.143. The molecule has 0 fully saturated rings. The number of rotatable bonds is 6. The van der Waals surface area contributed by atoms with E-state index in [2.05, 4.69) is 5.32 Å². The lowest BCUT2D eigenvalue weighted by Gasteiger charge is -2.08. The summed E-state index contributed by atoms with van der Waals surface area (Å²) in [7, 11) is -3.27. The van der Waals surface area contributed by atoms with Gasteiger partial charge in [0.05, 0.1) is 29.4 Å². The summed E-state index contributed by atoms with van der Waals surface area (Å²) in [5.74, 6) is 0.544. The number of carbonyl (C=O) groups excluding carboxylic acids is 1. The van der Waals surface area contributed by atoms with Gasteiger partial charge in [-0.25, -0.2) is 8.42 Å². The van der Waals surface area contributed by atoms with Gasteiger partial charge in [-0.15, -0.1) is 0 Å². The summed E-state index contributed by atoms with van der Waals surface area (Å²) >= 11 is 0. The molecule has 5 nitrogen and oxygen atoms in total. The normalized spacial score (nSPS) is 11.6. The van der Waals surface area contributed by atoms with Crippen LogP contribution in [0.15, 0.2) is 52.0 Å². The number of hydrogen-bond acceptors (Lipinski definition) is 4. The van der Waals surface area contributed by atoms with E-state index in [0.717, 1.165) is 5.56 Å². The SMILES string of the molecule is CC(C)S(=O)(=O)c1ccc(CC(=O)NCc2ccco2)cc1. The van der Waals surface area contributed by atoms with Crippen LogP contribution in [0.25, 0.3) is 0 Å². The van der Waals surface area contributed by atoms with Gasteiger partial charge in [0.1, 0.15) is 5.76 Å². The average molecular weight is 321 g/mol. The second-order valence-electron chi connectivity index (χ2n) is 5.27. The second-order valence-corrected chi connectivity index (χ2v) is 7.77. The number of benzene rings is 1. The molecule has 1 N–H and O–H groups in total. The fraction of sp³-hybridized carbons (Fsp3) is 0.312. The van der Waals surface area contributed by atoms with Gasteiger partial charge in [-0.3, -0.25) is 4.79 Å². The molecular weight excluding hydrogens is 302 g/mol. The molecule has 1 heterocycles. The monoisotopic (exact) mass is 321 g/mol. The van der Waals surface area contributed by atoms with Gasteiger partial charge in [0.2, 0.25) is 5.91 Å². The number of furan rings is 1. The van der Waals surface area contributed by atoms with Gasteiger partial charge in [-0.2, -0.15) is 0 Å². The van der Waals surface area contributed by atoms with Gasteiger partial charge in [0.15, 0.2) is 9.84 Å². The van der Waals surface area contributed by atoms with E-state index >= 15 is 0 Å². The molecule has 0 bridgehead atoms. The molecule has 0 spiro atoms. The molecule has 0 unspecified atom stereocenters. The Kier molecular flexibility index (Phi) is 5.03. The molecule has 118 valence electrons. The van der Waals surface area contributed by atoms with Crippen molar-refractivity contribution < 1.29 is 17.6 Å². The van der Waals surface area contributed by atoms with E-state index in [-0.39, 0.29) is 17.2 Å². The van der Waals surface area contributed by atoms with Crippen LogP contribution in [0.5, 0.6) is 0 Å². The molecule has 0 saturated heterocycles. The van der Waals surface area contributed by atoms with E-state index in [1.807, 2.05) is 0 Å². The van der Waals surface area contributed by atoms with E-state index in [1.165, 1.54) is 0 Å². The lowest BCUT2D eigenvalue weighted by atomic mass is 10.1. The highest BCUT2D eigenvalue weighted by Gasteiger charge is 2.18. The van der Waals surface area contributed by atoms with Crippen molar-refractivity contribution in [3.8, 4) is 0 Å². The smallest absolute Gasteiger partial charge is 0.224 e. The first kappa shape index (κ1) is 16.3. The van der Waals surface area contributed by atoms with Gasteiger partial charge in [-0.1, -0.05) is 12.1 Å². The Morgan fingerprint density at radius 3 is 2.41 bits per heavy atom. The summed E-state index contributed by atoms with van der Waals surface area (Å²) in [5.41, 5.74) is 0.764. The van der Waals surface area contributed by atoms with Crippen molar-refractivity contribution in [2.45, 2.75) is 37.0 Å². The standard InChI is InChI=1S/C16H19NO4S/c1-12(2)22(19,20)15-7-5-13(6-8-15)10-16(18)17-11-14-4-3-9-21-14/h3-9,12H,10-11H2,1-2H3,(H,17,18). The maximum atomic E-state index is 12.0. The van der Waals surface area contributed by atoms with E-state index < -0.39 is 15.1 Å². The Morgan fingerprint density at radius 2 is 1.86 bits per heavy atom. The Bertz CT molecular complexity index is 716. The maximum Gasteiger partial charge on any atom is 0.224 e. The van der Waals surface area contributed by atoms with Crippen molar-refractivity contribution in [3.63, 3.8) is 0 Å². The largest absolute Gasteiger partial charge is 0.467 e. The van der Waals surface area contributed by atoms with Crippen LogP contribution in [-0.2, 0) is 27.6 Å². The van der Waals surface area contributed by atoms with Crippen LogP contribution in [0, 0.1) is 0 Å². The molecule has 6 heteroatoms. The molecule has 2 aromatic rings. The van der Waals surface area contributed by atoms with Crippen molar-refractivity contribution in [3.05, 3.63) is 54.0 Å². The first-order valence-corrected chi connectivity index (χ1v) is 8.56. The van der Waals surface area contributed by atoms with E-state index in [0.29, 0.717) is 12.3 Å². The van der Waals surface area contributed by atoms with E-state index in [1.54, 1.807) is 56.5 Å². The molecule has 0 aliphatic carbocycles. The molecule has 1 aromatic carbocycles. The predicted octanol–water partition coefficient (Wildman–Crippen LogP) is 2.32. The summed E-state index contributed by atoms with van der Waals surface area (Å²) in [6.45, 7) is 3.63. The van der Waals surface area contributed by atoms with Crippen LogP contribution in [0.1, 0.15) is 25.2 Å². The van der Waals surface area contributed by atoms with Crippen LogP contribution in [0.3, 0.4) is 0 Å². The Hall–Kier alpha value is -2.08. The van der Waals surface area contributed by atoms with Gasteiger partial charge in [0, 0.05) is 0 Å². The van der Waals surface area contributed by atoms with Gasteiger partial charge < -0.3 is 9.73 Å². The molecule has 0 atom stereocenters. The highest BCUT2D eigenvalue weighted by molar-refractivity contribution is 7.92. The number of nitrogens with one attached hydrogen (secondary N) is 1. The third-order valence-corrected chi connectivity index (χ3v) is 5.45. The minimum Gasteiger partial charge on any atom is -0.467 e. The number of sulfone groups is 1. The maximum absolute atomic E-state index is 12.0. The van der Waals surface area contributed by atoms with Gasteiger partial charge in [-0.05, 0) is 43.7 Å². The van der Waals surface area contributed by atoms with Crippen LogP contribution < -0.4 is 5.32 Å². The molecule has 0 radical (unpaired) electrons. The van der Waals surface area contributed by atoms with E-state index in [9.17, 15) is 13.2 Å². The summed E-state index contributed by atoms with van der Waals surface area (Å²) < 4.78 is 29.1. The summed E-state index contributed by atoms with van der Waals surface area (Å²) in [6.07, 6.45) is 1.75. The number of hydrogen-bond donors (Lipinski definition) is 1. The van der Waals surface area contributed by atoms with Crippen molar-refractivity contribution in [1.29, 1.82) is 0 Å². The van der Waals surface area contributed by atoms with Crippen molar-refractivity contribution >= 4 is 15.7 Å². The Labute approximate surface area is 130 Å². The van der Waals surface area contributed by atoms with Crippen molar-refractivity contribution in [2.75, 3.05) is 0 Å². The molecule has 2 rings (SSSR count). The van der Waals surface area contributed by atoms with Gasteiger partial charge >= 0.3 is 0 Å². The Morgan fingerprint density at radius 1 is 1.18 bits per heavy atom. The zero-order valence-electron chi connectivity index (χ0n) is 12.6. The zero-order valence-corrected chi connectivity index (χ0v) is 13.4. The number of carbonyl (C=O) groups is 1. The van der Waals surface area contributed by atoms with Crippen LogP contribution in [0.4, 0.5) is 0 Å². The summed E-state index contributed by atoms with van der Waals surface area (Å²) in [6, 6.07) is 9.97. The predicted molar refractivity (Wildman–Crippen MR) is 83.0 cm³/mol. The fourth-order valence-electron chi connectivity index (χ4n) is 1.92. The minimum atomic E-state index is -3.27. The van der Waals surface area contributed by atoms with Crippen molar-refractivity contribution in [2.24, 2.45) is 0 Å². The highest BCUT2D eigenvalue weighted by atomic mass is 32.2. The summed E-state index contributed by atoms with van der Waals surface area (Å²) in [5, 5.41) is 2.28. The molecule has 0 aliphatic heterocycles. The summed E-state index contributed by atoms with van der Waals surface area (Å²) in [4.78, 5) is 12.1. The molecule has 1 aromatic heterocycles. The molecule has 0 aliphatic rings. The van der Waals surface area contributed by atoms with Crippen LogP contribution >= 0.6 is 0 Å². The quantitative estimate of drug-likeness (QED) is 0.886. The van der Waals surface area contributed by atoms with Gasteiger partial charge in [0.25, 0.3) is 0 Å². The third-order valence-electron chi connectivity index (χ3n) is 3.28. The highest BCUT2D eigenvalue weighted by Crippen LogP contribution is 2.16. The first-order chi connectivity index (χ1) is 10.4. The second kappa shape index (κ2) is 6.79.